The number of nitriles is 1. The molecule has 0 aromatic heterocycles. The molecule has 0 aromatic rings. The molecule has 0 radical (unpaired) electrons. The van der Waals surface area contributed by atoms with Crippen molar-refractivity contribution in [1.82, 2.24) is 0 Å². The summed E-state index contributed by atoms with van der Waals surface area (Å²) >= 11 is 0. The molecule has 0 amide bonds. The standard InChI is InChI=1S/C15H21NO6/c1-5-20-13(17)10(4)11(9-16)8-12(14(18)21-6-2)15(19)22-7-3/h11-12H,4-8H2,1-3H3. The molecule has 7 heteroatoms. The SMILES string of the molecule is C=C(C(=O)OCC)C(C#N)CC(C(=O)OCC)C(=O)OCC. The fourth-order valence-electron chi connectivity index (χ4n) is 1.65. The van der Waals surface area contributed by atoms with Gasteiger partial charge < -0.3 is 14.2 Å². The minimum Gasteiger partial charge on any atom is -0.465 e. The van der Waals surface area contributed by atoms with Crippen LogP contribution in [0.1, 0.15) is 27.2 Å². The van der Waals surface area contributed by atoms with Crippen molar-refractivity contribution in [2.75, 3.05) is 19.8 Å². The average molecular weight is 311 g/mol. The van der Waals surface area contributed by atoms with Gasteiger partial charge in [-0.2, -0.15) is 5.26 Å². The third-order valence-corrected chi connectivity index (χ3v) is 2.73. The van der Waals surface area contributed by atoms with Crippen molar-refractivity contribution >= 4 is 17.9 Å². The first-order valence-corrected chi connectivity index (χ1v) is 7.01. The van der Waals surface area contributed by atoms with E-state index >= 15 is 0 Å². The molecule has 122 valence electrons. The highest BCUT2D eigenvalue weighted by atomic mass is 16.6. The van der Waals surface area contributed by atoms with Crippen molar-refractivity contribution in [3.63, 3.8) is 0 Å². The Morgan fingerprint density at radius 1 is 1.00 bits per heavy atom. The van der Waals surface area contributed by atoms with Crippen LogP contribution in [0.4, 0.5) is 0 Å². The lowest BCUT2D eigenvalue weighted by molar-refractivity contribution is -0.162. The van der Waals surface area contributed by atoms with Crippen LogP contribution in [0.15, 0.2) is 12.2 Å². The highest BCUT2D eigenvalue weighted by Gasteiger charge is 2.34. The second kappa shape index (κ2) is 10.4. The molecule has 0 N–H and O–H groups in total. The van der Waals surface area contributed by atoms with Gasteiger partial charge in [0.05, 0.1) is 31.8 Å². The van der Waals surface area contributed by atoms with E-state index in [9.17, 15) is 14.4 Å². The Morgan fingerprint density at radius 3 is 1.82 bits per heavy atom. The highest BCUT2D eigenvalue weighted by molar-refractivity contribution is 5.95. The number of hydrogen-bond donors (Lipinski definition) is 0. The minimum atomic E-state index is -1.28. The van der Waals surface area contributed by atoms with Gasteiger partial charge in [-0.1, -0.05) is 6.58 Å². The van der Waals surface area contributed by atoms with Crippen LogP contribution >= 0.6 is 0 Å². The van der Waals surface area contributed by atoms with Gasteiger partial charge >= 0.3 is 17.9 Å². The maximum Gasteiger partial charge on any atom is 0.334 e. The molecular formula is C15H21NO6. The van der Waals surface area contributed by atoms with E-state index in [1.165, 1.54) is 0 Å². The molecular weight excluding hydrogens is 290 g/mol. The van der Waals surface area contributed by atoms with Gasteiger partial charge in [0.1, 0.15) is 0 Å². The van der Waals surface area contributed by atoms with Gasteiger partial charge in [-0.15, -0.1) is 0 Å². The summed E-state index contributed by atoms with van der Waals surface area (Å²) in [6.07, 6.45) is -0.244. The Bertz CT molecular complexity index is 447. The van der Waals surface area contributed by atoms with E-state index in [0.29, 0.717) is 0 Å². The van der Waals surface area contributed by atoms with Gasteiger partial charge in [0.25, 0.3) is 0 Å². The number of carbonyl (C=O) groups excluding carboxylic acids is 3. The lowest BCUT2D eigenvalue weighted by Gasteiger charge is -2.17. The molecule has 0 spiro atoms. The fraction of sp³-hybridized carbons (Fsp3) is 0.600. The molecule has 0 aromatic carbocycles. The summed E-state index contributed by atoms with van der Waals surface area (Å²) in [5.74, 6) is -4.65. The maximum absolute atomic E-state index is 11.9. The highest BCUT2D eigenvalue weighted by Crippen LogP contribution is 2.22. The summed E-state index contributed by atoms with van der Waals surface area (Å²) in [7, 11) is 0. The second-order valence-electron chi connectivity index (χ2n) is 4.22. The Morgan fingerprint density at radius 2 is 1.45 bits per heavy atom. The monoisotopic (exact) mass is 311 g/mol. The van der Waals surface area contributed by atoms with Gasteiger partial charge in [0.15, 0.2) is 5.92 Å². The lowest BCUT2D eigenvalue weighted by atomic mass is 9.90. The van der Waals surface area contributed by atoms with Crippen LogP contribution < -0.4 is 0 Å². The maximum atomic E-state index is 11.9. The number of ether oxygens (including phenoxy) is 3. The van der Waals surface area contributed by atoms with E-state index in [1.54, 1.807) is 20.8 Å². The van der Waals surface area contributed by atoms with Crippen LogP contribution in [0.2, 0.25) is 0 Å². The number of hydrogen-bond acceptors (Lipinski definition) is 7. The van der Waals surface area contributed by atoms with E-state index in [0.717, 1.165) is 0 Å². The van der Waals surface area contributed by atoms with Crippen LogP contribution in [-0.4, -0.2) is 37.7 Å². The Balaban J connectivity index is 5.12. The summed E-state index contributed by atoms with van der Waals surface area (Å²) in [6, 6.07) is 1.85. The van der Waals surface area contributed by atoms with Crippen LogP contribution in [0.25, 0.3) is 0 Å². The van der Waals surface area contributed by atoms with Crippen LogP contribution in [-0.2, 0) is 28.6 Å². The third-order valence-electron chi connectivity index (χ3n) is 2.73. The number of carbonyl (C=O) groups is 3. The van der Waals surface area contributed by atoms with E-state index < -0.39 is 29.7 Å². The second-order valence-corrected chi connectivity index (χ2v) is 4.22. The van der Waals surface area contributed by atoms with Gasteiger partial charge in [-0.3, -0.25) is 9.59 Å². The summed E-state index contributed by atoms with van der Waals surface area (Å²) in [6.45, 7) is 8.63. The van der Waals surface area contributed by atoms with Gasteiger partial charge in [-0.25, -0.2) is 4.79 Å². The summed E-state index contributed by atoms with van der Waals surface area (Å²) in [4.78, 5) is 35.3. The van der Waals surface area contributed by atoms with E-state index in [-0.39, 0.29) is 31.8 Å². The topological polar surface area (TPSA) is 103 Å². The first-order valence-electron chi connectivity index (χ1n) is 7.01. The van der Waals surface area contributed by atoms with Crippen molar-refractivity contribution in [2.24, 2.45) is 11.8 Å². The van der Waals surface area contributed by atoms with Gasteiger partial charge in [0.2, 0.25) is 0 Å². The van der Waals surface area contributed by atoms with Crippen molar-refractivity contribution < 1.29 is 28.6 Å². The van der Waals surface area contributed by atoms with Crippen LogP contribution in [0, 0.1) is 23.2 Å². The smallest absolute Gasteiger partial charge is 0.334 e. The summed E-state index contributed by atoms with van der Waals surface area (Å²) < 4.78 is 14.4. The molecule has 7 nitrogen and oxygen atoms in total. The van der Waals surface area contributed by atoms with Crippen molar-refractivity contribution in [2.45, 2.75) is 27.2 Å². The molecule has 0 saturated carbocycles. The Kier molecular flexibility index (Phi) is 9.27. The van der Waals surface area contributed by atoms with Crippen molar-refractivity contribution in [1.29, 1.82) is 5.26 Å². The first-order chi connectivity index (χ1) is 10.4. The van der Waals surface area contributed by atoms with Crippen molar-refractivity contribution in [3.05, 3.63) is 12.2 Å². The van der Waals surface area contributed by atoms with E-state index in [2.05, 4.69) is 6.58 Å². The zero-order valence-corrected chi connectivity index (χ0v) is 13.1. The molecule has 1 atom stereocenters. The van der Waals surface area contributed by atoms with E-state index in [1.807, 2.05) is 6.07 Å². The molecule has 0 fully saturated rings. The molecule has 0 bridgehead atoms. The van der Waals surface area contributed by atoms with Gasteiger partial charge in [-0.05, 0) is 27.2 Å². The quantitative estimate of drug-likeness (QED) is 0.274. The summed E-state index contributed by atoms with van der Waals surface area (Å²) in [5, 5.41) is 9.16. The minimum absolute atomic E-state index is 0.0881. The van der Waals surface area contributed by atoms with Gasteiger partial charge in [0, 0.05) is 5.57 Å². The number of nitrogens with zero attached hydrogens (tertiary/aromatic N) is 1. The van der Waals surface area contributed by atoms with Crippen LogP contribution in [0.3, 0.4) is 0 Å². The normalized spacial score (nSPS) is 11.2. The average Bonchev–Trinajstić information content (AvgIpc) is 2.48. The predicted molar refractivity (Wildman–Crippen MR) is 76.2 cm³/mol. The molecule has 0 aliphatic heterocycles. The molecule has 0 aliphatic rings. The fourth-order valence-corrected chi connectivity index (χ4v) is 1.65. The number of esters is 3. The molecule has 0 aliphatic carbocycles. The molecule has 0 rings (SSSR count). The Labute approximate surface area is 129 Å². The number of rotatable bonds is 9. The van der Waals surface area contributed by atoms with Crippen LogP contribution in [0.5, 0.6) is 0 Å². The Hall–Kier alpha value is -2.36. The molecule has 1 unspecified atom stereocenters. The zero-order chi connectivity index (χ0) is 17.1. The van der Waals surface area contributed by atoms with E-state index in [4.69, 9.17) is 19.5 Å². The zero-order valence-electron chi connectivity index (χ0n) is 13.1. The molecule has 0 heterocycles. The largest absolute Gasteiger partial charge is 0.465 e. The molecule has 0 saturated heterocycles. The molecule has 22 heavy (non-hydrogen) atoms. The van der Waals surface area contributed by atoms with Crippen molar-refractivity contribution in [3.8, 4) is 6.07 Å². The lowest BCUT2D eigenvalue weighted by Crippen LogP contribution is -2.31. The predicted octanol–water partition coefficient (Wildman–Crippen LogP) is 1.38. The first kappa shape index (κ1) is 19.6. The summed E-state index contributed by atoms with van der Waals surface area (Å²) in [5.41, 5.74) is -0.108. The third kappa shape index (κ3) is 5.95.